The van der Waals surface area contributed by atoms with Crippen LogP contribution < -0.4 is 11.1 Å². The molecule has 3 N–H and O–H groups in total. The second kappa shape index (κ2) is 5.52. The maximum atomic E-state index is 13.1. The van der Waals surface area contributed by atoms with E-state index in [0.29, 0.717) is 5.69 Å². The molecule has 4 heteroatoms. The van der Waals surface area contributed by atoms with Gasteiger partial charge in [-0.15, -0.1) is 0 Å². The molecule has 98 valence electrons. The average molecular weight is 258 g/mol. The van der Waals surface area contributed by atoms with Gasteiger partial charge in [0.1, 0.15) is 11.9 Å². The number of nitrogens with one attached hydrogen (secondary N) is 1. The first kappa shape index (κ1) is 13.1. The van der Waals surface area contributed by atoms with E-state index in [0.717, 1.165) is 11.1 Å². The number of rotatable bonds is 4. The molecule has 0 aliphatic rings. The molecule has 1 atom stereocenters. The van der Waals surface area contributed by atoms with Crippen molar-refractivity contribution in [2.45, 2.75) is 13.0 Å². The van der Waals surface area contributed by atoms with Crippen LogP contribution in [0.2, 0.25) is 0 Å². The van der Waals surface area contributed by atoms with Gasteiger partial charge in [-0.1, -0.05) is 35.9 Å². The molecule has 3 nitrogen and oxygen atoms in total. The van der Waals surface area contributed by atoms with Gasteiger partial charge in [0, 0.05) is 5.69 Å². The predicted octanol–water partition coefficient (Wildman–Crippen LogP) is 2.77. The largest absolute Gasteiger partial charge is 0.370 e. The molecule has 0 spiro atoms. The third kappa shape index (κ3) is 3.31. The molecule has 2 rings (SSSR count). The van der Waals surface area contributed by atoms with Crippen molar-refractivity contribution in [1.82, 2.24) is 0 Å². The van der Waals surface area contributed by atoms with E-state index < -0.39 is 11.9 Å². The third-order valence-corrected chi connectivity index (χ3v) is 2.80. The highest BCUT2D eigenvalue weighted by molar-refractivity contribution is 5.84. The van der Waals surface area contributed by atoms with Crippen LogP contribution >= 0.6 is 0 Å². The molecule has 2 aromatic carbocycles. The fourth-order valence-corrected chi connectivity index (χ4v) is 1.91. The second-order valence-corrected chi connectivity index (χ2v) is 4.40. The zero-order valence-corrected chi connectivity index (χ0v) is 10.6. The van der Waals surface area contributed by atoms with Crippen LogP contribution in [0, 0.1) is 12.7 Å². The first-order valence-electron chi connectivity index (χ1n) is 5.94. The summed E-state index contributed by atoms with van der Waals surface area (Å²) in [5.74, 6) is -0.868. The summed E-state index contributed by atoms with van der Waals surface area (Å²) in [7, 11) is 0. The van der Waals surface area contributed by atoms with Gasteiger partial charge in [-0.2, -0.15) is 0 Å². The highest BCUT2D eigenvalue weighted by atomic mass is 19.1. The number of carbonyl (C=O) groups excluding carboxylic acids is 1. The van der Waals surface area contributed by atoms with Crippen LogP contribution in [0.3, 0.4) is 0 Å². The summed E-state index contributed by atoms with van der Waals surface area (Å²) in [6.07, 6.45) is 0. The van der Waals surface area contributed by atoms with Crippen molar-refractivity contribution in [1.29, 1.82) is 0 Å². The fourth-order valence-electron chi connectivity index (χ4n) is 1.91. The summed E-state index contributed by atoms with van der Waals surface area (Å²) in [5, 5.41) is 2.95. The summed E-state index contributed by atoms with van der Waals surface area (Å²) in [6.45, 7) is 1.93. The quantitative estimate of drug-likeness (QED) is 0.886. The second-order valence-electron chi connectivity index (χ2n) is 4.40. The lowest BCUT2D eigenvalue weighted by molar-refractivity contribution is -0.118. The zero-order valence-electron chi connectivity index (χ0n) is 10.6. The van der Waals surface area contributed by atoms with E-state index in [1.807, 2.05) is 31.2 Å². The van der Waals surface area contributed by atoms with Crippen LogP contribution in [0.15, 0.2) is 48.5 Å². The molecule has 1 unspecified atom stereocenters. The van der Waals surface area contributed by atoms with E-state index in [1.54, 1.807) is 12.1 Å². The molecule has 0 aliphatic carbocycles. The Labute approximate surface area is 111 Å². The van der Waals surface area contributed by atoms with Crippen molar-refractivity contribution >= 4 is 11.6 Å². The highest BCUT2D eigenvalue weighted by Gasteiger charge is 2.17. The maximum Gasteiger partial charge on any atom is 0.244 e. The lowest BCUT2D eigenvalue weighted by Crippen LogP contribution is -2.27. The van der Waals surface area contributed by atoms with Gasteiger partial charge in [0.15, 0.2) is 0 Å². The average Bonchev–Trinajstić information content (AvgIpc) is 2.35. The maximum absolute atomic E-state index is 13.1. The molecule has 0 aliphatic heterocycles. The number of aryl methyl sites for hydroxylation is 1. The van der Waals surface area contributed by atoms with Crippen molar-refractivity contribution in [2.75, 3.05) is 5.32 Å². The molecule has 0 saturated heterocycles. The van der Waals surface area contributed by atoms with Gasteiger partial charge >= 0.3 is 0 Å². The Morgan fingerprint density at radius 2 is 1.95 bits per heavy atom. The molecule has 0 saturated carbocycles. The normalized spacial score (nSPS) is 11.9. The minimum atomic E-state index is -0.679. The van der Waals surface area contributed by atoms with E-state index >= 15 is 0 Å². The number of amides is 1. The first-order valence-corrected chi connectivity index (χ1v) is 5.94. The molecule has 2 aromatic rings. The Balaban J connectivity index is 2.29. The summed E-state index contributed by atoms with van der Waals surface area (Å²) in [5.41, 5.74) is 7.72. The van der Waals surface area contributed by atoms with Gasteiger partial charge in [-0.3, -0.25) is 4.79 Å². The number of primary amides is 1. The van der Waals surface area contributed by atoms with Crippen molar-refractivity contribution in [2.24, 2.45) is 5.73 Å². The van der Waals surface area contributed by atoms with E-state index in [4.69, 9.17) is 5.73 Å². The van der Waals surface area contributed by atoms with E-state index in [2.05, 4.69) is 5.32 Å². The highest BCUT2D eigenvalue weighted by Crippen LogP contribution is 2.20. The topological polar surface area (TPSA) is 55.1 Å². The van der Waals surface area contributed by atoms with Gasteiger partial charge in [-0.05, 0) is 30.7 Å². The summed E-state index contributed by atoms with van der Waals surface area (Å²) in [4.78, 5) is 11.6. The lowest BCUT2D eigenvalue weighted by atomic mass is 10.0. The number of hydrogen-bond donors (Lipinski definition) is 2. The zero-order chi connectivity index (χ0) is 13.8. The predicted molar refractivity (Wildman–Crippen MR) is 73.1 cm³/mol. The van der Waals surface area contributed by atoms with E-state index in [-0.39, 0.29) is 5.82 Å². The minimum absolute atomic E-state index is 0.363. The van der Waals surface area contributed by atoms with Crippen LogP contribution in [0.1, 0.15) is 17.2 Å². The van der Waals surface area contributed by atoms with Gasteiger partial charge in [0.25, 0.3) is 0 Å². The van der Waals surface area contributed by atoms with Crippen LogP contribution in [-0.2, 0) is 4.79 Å². The van der Waals surface area contributed by atoms with Crippen molar-refractivity contribution in [3.8, 4) is 0 Å². The summed E-state index contributed by atoms with van der Waals surface area (Å²) >= 11 is 0. The first-order chi connectivity index (χ1) is 9.06. The number of anilines is 1. The molecular weight excluding hydrogens is 243 g/mol. The molecule has 0 fully saturated rings. The standard InChI is InChI=1S/C15H15FN2O/c1-10-4-2-5-11(8-10)14(15(17)19)18-13-7-3-6-12(16)9-13/h2-9,14,18H,1H3,(H2,17,19). The van der Waals surface area contributed by atoms with Crippen LogP contribution in [0.25, 0.3) is 0 Å². The summed E-state index contributed by atoms with van der Waals surface area (Å²) < 4.78 is 13.1. The Morgan fingerprint density at radius 3 is 2.58 bits per heavy atom. The van der Waals surface area contributed by atoms with E-state index in [1.165, 1.54) is 12.1 Å². The minimum Gasteiger partial charge on any atom is -0.370 e. The Morgan fingerprint density at radius 1 is 1.21 bits per heavy atom. The van der Waals surface area contributed by atoms with Crippen molar-refractivity contribution in [3.63, 3.8) is 0 Å². The van der Waals surface area contributed by atoms with Crippen LogP contribution in [0.5, 0.6) is 0 Å². The SMILES string of the molecule is Cc1cccc(C(Nc2cccc(F)c2)C(N)=O)c1. The van der Waals surface area contributed by atoms with E-state index in [9.17, 15) is 9.18 Å². The Bertz CT molecular complexity index is 598. The van der Waals surface area contributed by atoms with Gasteiger partial charge in [0.05, 0.1) is 0 Å². The Hall–Kier alpha value is -2.36. The third-order valence-electron chi connectivity index (χ3n) is 2.80. The lowest BCUT2D eigenvalue weighted by Gasteiger charge is -2.17. The Kier molecular flexibility index (Phi) is 3.80. The molecule has 0 radical (unpaired) electrons. The van der Waals surface area contributed by atoms with Gasteiger partial charge in [0.2, 0.25) is 5.91 Å². The fraction of sp³-hybridized carbons (Fsp3) is 0.133. The molecule has 1 amide bonds. The number of carbonyl (C=O) groups is 1. The molecule has 19 heavy (non-hydrogen) atoms. The number of halogens is 1. The monoisotopic (exact) mass is 258 g/mol. The summed E-state index contributed by atoms with van der Waals surface area (Å²) in [6, 6.07) is 12.7. The van der Waals surface area contributed by atoms with Crippen LogP contribution in [-0.4, -0.2) is 5.91 Å². The number of hydrogen-bond acceptors (Lipinski definition) is 2. The molecular formula is C15H15FN2O. The molecule has 0 aromatic heterocycles. The van der Waals surface area contributed by atoms with Crippen molar-refractivity contribution in [3.05, 3.63) is 65.5 Å². The number of nitrogens with two attached hydrogens (primary N) is 1. The molecule has 0 bridgehead atoms. The molecule has 0 heterocycles. The van der Waals surface area contributed by atoms with Gasteiger partial charge < -0.3 is 11.1 Å². The number of benzene rings is 2. The van der Waals surface area contributed by atoms with Crippen molar-refractivity contribution < 1.29 is 9.18 Å². The van der Waals surface area contributed by atoms with Crippen LogP contribution in [0.4, 0.5) is 10.1 Å². The van der Waals surface area contributed by atoms with Gasteiger partial charge in [-0.25, -0.2) is 4.39 Å². The smallest absolute Gasteiger partial charge is 0.244 e.